The van der Waals surface area contributed by atoms with E-state index in [2.05, 4.69) is 0 Å². The van der Waals surface area contributed by atoms with Crippen LogP contribution in [0.4, 0.5) is 0 Å². The zero-order chi connectivity index (χ0) is 18.5. The summed E-state index contributed by atoms with van der Waals surface area (Å²) in [4.78, 5) is 0.199. The SMILES string of the molecule is CC1(C)OB(c2cccc(S(=O)(=O)N3CCOC(=S)C3)c2)OC1(C)C. The molecule has 0 unspecified atom stereocenters. The molecular weight excluding hydrogens is 361 g/mol. The molecule has 2 fully saturated rings. The lowest BCUT2D eigenvalue weighted by atomic mass is 9.79. The number of hydrogen-bond donors (Lipinski definition) is 0. The molecule has 9 heteroatoms. The molecule has 25 heavy (non-hydrogen) atoms. The van der Waals surface area contributed by atoms with Gasteiger partial charge < -0.3 is 14.0 Å². The summed E-state index contributed by atoms with van der Waals surface area (Å²) in [6.45, 7) is 8.49. The molecule has 2 saturated heterocycles. The highest BCUT2D eigenvalue weighted by Gasteiger charge is 2.51. The van der Waals surface area contributed by atoms with Crippen molar-refractivity contribution < 1.29 is 22.5 Å². The van der Waals surface area contributed by atoms with E-state index < -0.39 is 28.3 Å². The number of thiocarbonyl (C=S) groups is 1. The molecule has 0 N–H and O–H groups in total. The zero-order valence-corrected chi connectivity index (χ0v) is 16.4. The fourth-order valence-corrected chi connectivity index (χ4v) is 4.44. The van der Waals surface area contributed by atoms with E-state index >= 15 is 0 Å². The third-order valence-electron chi connectivity index (χ3n) is 4.93. The first-order valence-corrected chi connectivity index (χ1v) is 9.99. The summed E-state index contributed by atoms with van der Waals surface area (Å²) < 4.78 is 44.3. The van der Waals surface area contributed by atoms with Gasteiger partial charge in [-0.05, 0) is 57.5 Å². The summed E-state index contributed by atoms with van der Waals surface area (Å²) >= 11 is 5.00. The van der Waals surface area contributed by atoms with E-state index in [-0.39, 0.29) is 29.6 Å². The summed E-state index contributed by atoms with van der Waals surface area (Å²) in [5.74, 6) is 0. The quantitative estimate of drug-likeness (QED) is 0.580. The summed E-state index contributed by atoms with van der Waals surface area (Å²) in [5, 5.41) is 0.289. The van der Waals surface area contributed by atoms with Crippen molar-refractivity contribution in [2.24, 2.45) is 0 Å². The molecule has 6 nitrogen and oxygen atoms in total. The average molecular weight is 383 g/mol. The molecule has 0 amide bonds. The molecule has 2 aliphatic heterocycles. The molecule has 2 heterocycles. The standard InChI is InChI=1S/C16H22BNO5S2/c1-15(2)16(3,4)23-17(22-15)12-6-5-7-13(10-12)25(19,20)18-8-9-21-14(24)11-18/h5-7,10H,8-9,11H2,1-4H3. The Morgan fingerprint density at radius 2 is 1.80 bits per heavy atom. The molecule has 0 bridgehead atoms. The van der Waals surface area contributed by atoms with Crippen LogP contribution in [0.25, 0.3) is 0 Å². The predicted octanol–water partition coefficient (Wildman–Crippen LogP) is 1.33. The van der Waals surface area contributed by atoms with Crippen molar-refractivity contribution in [2.45, 2.75) is 43.8 Å². The van der Waals surface area contributed by atoms with Gasteiger partial charge in [-0.25, -0.2) is 8.42 Å². The summed E-state index contributed by atoms with van der Waals surface area (Å²) in [6, 6.07) is 6.69. The van der Waals surface area contributed by atoms with Crippen molar-refractivity contribution in [3.63, 3.8) is 0 Å². The maximum Gasteiger partial charge on any atom is 0.494 e. The van der Waals surface area contributed by atoms with Crippen LogP contribution in [-0.2, 0) is 24.1 Å². The van der Waals surface area contributed by atoms with Crippen molar-refractivity contribution >= 4 is 39.9 Å². The minimum absolute atomic E-state index is 0.0956. The minimum Gasteiger partial charge on any atom is -0.484 e. The molecule has 1 aromatic rings. The molecular formula is C16H22BNO5S2. The molecule has 2 aliphatic rings. The highest BCUT2D eigenvalue weighted by Crippen LogP contribution is 2.36. The first-order valence-electron chi connectivity index (χ1n) is 8.14. The van der Waals surface area contributed by atoms with Gasteiger partial charge in [0.2, 0.25) is 10.0 Å². The third-order valence-corrected chi connectivity index (χ3v) is 7.02. The Bertz CT molecular complexity index is 777. The topological polar surface area (TPSA) is 65.1 Å². The molecule has 3 rings (SSSR count). The van der Waals surface area contributed by atoms with Crippen LogP contribution in [0.3, 0.4) is 0 Å². The van der Waals surface area contributed by atoms with E-state index in [1.54, 1.807) is 18.2 Å². The Balaban J connectivity index is 1.88. The minimum atomic E-state index is -3.65. The smallest absolute Gasteiger partial charge is 0.484 e. The predicted molar refractivity (Wildman–Crippen MR) is 99.5 cm³/mol. The molecule has 0 atom stereocenters. The molecule has 0 aliphatic carbocycles. The second-order valence-electron chi connectivity index (χ2n) is 7.22. The van der Waals surface area contributed by atoms with Crippen molar-refractivity contribution in [1.29, 1.82) is 0 Å². The van der Waals surface area contributed by atoms with E-state index in [0.29, 0.717) is 5.46 Å². The van der Waals surface area contributed by atoms with E-state index in [1.807, 2.05) is 33.8 Å². The second-order valence-corrected chi connectivity index (χ2v) is 9.61. The van der Waals surface area contributed by atoms with E-state index in [9.17, 15) is 8.42 Å². The van der Waals surface area contributed by atoms with E-state index in [4.69, 9.17) is 26.3 Å². The highest BCUT2D eigenvalue weighted by atomic mass is 32.2. The average Bonchev–Trinajstić information content (AvgIpc) is 2.76. The van der Waals surface area contributed by atoms with Crippen LogP contribution in [0.5, 0.6) is 0 Å². The lowest BCUT2D eigenvalue weighted by Crippen LogP contribution is -2.43. The molecule has 0 radical (unpaired) electrons. The van der Waals surface area contributed by atoms with Crippen LogP contribution >= 0.6 is 12.2 Å². The third kappa shape index (κ3) is 3.48. The maximum atomic E-state index is 12.9. The van der Waals surface area contributed by atoms with Gasteiger partial charge in [-0.2, -0.15) is 4.31 Å². The van der Waals surface area contributed by atoms with Crippen molar-refractivity contribution in [1.82, 2.24) is 4.31 Å². The van der Waals surface area contributed by atoms with Gasteiger partial charge in [0, 0.05) is 6.54 Å². The molecule has 0 aromatic heterocycles. The number of ether oxygens (including phenoxy) is 1. The monoisotopic (exact) mass is 383 g/mol. The van der Waals surface area contributed by atoms with Crippen LogP contribution in [0.2, 0.25) is 0 Å². The maximum absolute atomic E-state index is 12.9. The van der Waals surface area contributed by atoms with Crippen LogP contribution in [0.15, 0.2) is 29.2 Å². The highest BCUT2D eigenvalue weighted by molar-refractivity contribution is 7.89. The second kappa shape index (κ2) is 6.31. The summed E-state index contributed by atoms with van der Waals surface area (Å²) in [7, 11) is -4.26. The van der Waals surface area contributed by atoms with Gasteiger partial charge in [-0.1, -0.05) is 12.1 Å². The van der Waals surface area contributed by atoms with Crippen molar-refractivity contribution in [3.8, 4) is 0 Å². The Morgan fingerprint density at radius 1 is 1.16 bits per heavy atom. The lowest BCUT2D eigenvalue weighted by Gasteiger charge is -2.32. The first-order chi connectivity index (χ1) is 11.5. The van der Waals surface area contributed by atoms with Gasteiger partial charge in [0.1, 0.15) is 6.61 Å². The molecule has 1 aromatic carbocycles. The van der Waals surface area contributed by atoms with Gasteiger partial charge >= 0.3 is 7.12 Å². The lowest BCUT2D eigenvalue weighted by molar-refractivity contribution is 0.00578. The van der Waals surface area contributed by atoms with Gasteiger partial charge in [-0.15, -0.1) is 0 Å². The van der Waals surface area contributed by atoms with Crippen LogP contribution in [-0.4, -0.2) is 55.8 Å². The number of sulfonamides is 1. The van der Waals surface area contributed by atoms with Gasteiger partial charge in [0.15, 0.2) is 5.05 Å². The summed E-state index contributed by atoms with van der Waals surface area (Å²) in [5.41, 5.74) is -0.290. The largest absolute Gasteiger partial charge is 0.494 e. The number of morpholine rings is 1. The van der Waals surface area contributed by atoms with Gasteiger partial charge in [0.05, 0.1) is 22.6 Å². The Kier molecular flexibility index (Phi) is 4.74. The Morgan fingerprint density at radius 3 is 2.40 bits per heavy atom. The molecule has 0 saturated carbocycles. The zero-order valence-electron chi connectivity index (χ0n) is 14.8. The first kappa shape index (κ1) is 18.8. The van der Waals surface area contributed by atoms with E-state index in [0.717, 1.165) is 0 Å². The van der Waals surface area contributed by atoms with Crippen molar-refractivity contribution in [3.05, 3.63) is 24.3 Å². The molecule has 0 spiro atoms. The summed E-state index contributed by atoms with van der Waals surface area (Å²) in [6.07, 6.45) is 0. The van der Waals surface area contributed by atoms with Crippen molar-refractivity contribution in [2.75, 3.05) is 19.7 Å². The van der Waals surface area contributed by atoms with Gasteiger partial charge in [-0.3, -0.25) is 0 Å². The van der Waals surface area contributed by atoms with Crippen LogP contribution in [0.1, 0.15) is 27.7 Å². The Labute approximate surface area is 154 Å². The fraction of sp³-hybridized carbons (Fsp3) is 0.562. The van der Waals surface area contributed by atoms with Gasteiger partial charge in [0.25, 0.3) is 0 Å². The number of hydrogen-bond acceptors (Lipinski definition) is 6. The van der Waals surface area contributed by atoms with Crippen LogP contribution < -0.4 is 5.46 Å². The number of benzene rings is 1. The number of nitrogens with zero attached hydrogens (tertiary/aromatic N) is 1. The fourth-order valence-electron chi connectivity index (χ4n) is 2.68. The molecule has 136 valence electrons. The van der Waals surface area contributed by atoms with E-state index in [1.165, 1.54) is 4.31 Å². The normalized spacial score (nSPS) is 23.5. The number of rotatable bonds is 3. The Hall–Kier alpha value is -0.995. The van der Waals surface area contributed by atoms with Crippen LogP contribution in [0, 0.1) is 0 Å².